The number of hydrogen-bond acceptors (Lipinski definition) is 5. The van der Waals surface area contributed by atoms with E-state index >= 15 is 0 Å². The highest BCUT2D eigenvalue weighted by Crippen LogP contribution is 2.28. The van der Waals surface area contributed by atoms with Crippen LogP contribution in [-0.4, -0.2) is 19.3 Å². The van der Waals surface area contributed by atoms with E-state index in [0.29, 0.717) is 28.2 Å². The predicted molar refractivity (Wildman–Crippen MR) is 160 cm³/mol. The number of pyridine rings is 1. The molecule has 0 radical (unpaired) electrons. The van der Waals surface area contributed by atoms with Crippen LogP contribution in [0.2, 0.25) is 0 Å². The van der Waals surface area contributed by atoms with Crippen molar-refractivity contribution in [1.82, 2.24) is 9.71 Å². The number of para-hydroxylation sites is 1. The van der Waals surface area contributed by atoms with Crippen molar-refractivity contribution in [1.29, 1.82) is 0 Å². The van der Waals surface area contributed by atoms with Gasteiger partial charge in [-0.3, -0.25) is 4.79 Å². The molecule has 0 saturated heterocycles. The molecule has 202 valence electrons. The number of aromatic nitrogens is 1. The van der Waals surface area contributed by atoms with Crippen molar-refractivity contribution in [3.63, 3.8) is 0 Å². The van der Waals surface area contributed by atoms with Gasteiger partial charge in [0.2, 0.25) is 10.0 Å². The molecule has 41 heavy (non-hydrogen) atoms. The SMILES string of the molecule is O=C(Nc1ccc(S(=O)(=O)NCc2ccco2)cc1)c1cc(-c2ccc(-c3ccccc3)cc2)nc2ccccc12. The molecule has 7 nitrogen and oxygen atoms in total. The van der Waals surface area contributed by atoms with E-state index in [9.17, 15) is 13.2 Å². The number of nitrogens with zero attached hydrogens (tertiary/aromatic N) is 1. The van der Waals surface area contributed by atoms with Gasteiger partial charge < -0.3 is 9.73 Å². The van der Waals surface area contributed by atoms with Gasteiger partial charge >= 0.3 is 0 Å². The topological polar surface area (TPSA) is 101 Å². The fourth-order valence-corrected chi connectivity index (χ4v) is 5.55. The fourth-order valence-electron chi connectivity index (χ4n) is 4.55. The maximum absolute atomic E-state index is 13.5. The number of benzene rings is 4. The molecular formula is C33H25N3O4S. The number of fused-ring (bicyclic) bond motifs is 1. The number of rotatable bonds is 8. The van der Waals surface area contributed by atoms with Gasteiger partial charge in [-0.05, 0) is 59.7 Å². The van der Waals surface area contributed by atoms with Gasteiger partial charge in [-0.15, -0.1) is 0 Å². The van der Waals surface area contributed by atoms with Crippen molar-refractivity contribution in [2.45, 2.75) is 11.4 Å². The van der Waals surface area contributed by atoms with Gasteiger partial charge in [0.15, 0.2) is 0 Å². The zero-order chi connectivity index (χ0) is 28.2. The van der Waals surface area contributed by atoms with Gasteiger partial charge in [0.25, 0.3) is 5.91 Å². The Morgan fingerprint density at radius 3 is 2.15 bits per heavy atom. The first kappa shape index (κ1) is 26.2. The lowest BCUT2D eigenvalue weighted by Crippen LogP contribution is -2.23. The molecule has 2 N–H and O–H groups in total. The number of amides is 1. The highest BCUT2D eigenvalue weighted by molar-refractivity contribution is 7.89. The third-order valence-electron chi connectivity index (χ3n) is 6.69. The van der Waals surface area contributed by atoms with Crippen molar-refractivity contribution in [2.24, 2.45) is 0 Å². The Hall–Kier alpha value is -5.05. The van der Waals surface area contributed by atoms with Crippen LogP contribution < -0.4 is 10.0 Å². The molecule has 0 saturated carbocycles. The minimum atomic E-state index is -3.75. The molecule has 0 atom stereocenters. The van der Waals surface area contributed by atoms with E-state index in [2.05, 4.69) is 22.2 Å². The first-order valence-corrected chi connectivity index (χ1v) is 14.4. The van der Waals surface area contributed by atoms with Crippen molar-refractivity contribution in [2.75, 3.05) is 5.32 Å². The van der Waals surface area contributed by atoms with Gasteiger partial charge in [-0.2, -0.15) is 0 Å². The van der Waals surface area contributed by atoms with Crippen molar-refractivity contribution in [3.05, 3.63) is 139 Å². The smallest absolute Gasteiger partial charge is 0.256 e. The molecule has 4 aromatic carbocycles. The van der Waals surface area contributed by atoms with Crippen LogP contribution >= 0.6 is 0 Å². The highest BCUT2D eigenvalue weighted by Gasteiger charge is 2.17. The molecular weight excluding hydrogens is 534 g/mol. The molecule has 0 fully saturated rings. The average molecular weight is 560 g/mol. The van der Waals surface area contributed by atoms with Crippen LogP contribution in [0.4, 0.5) is 5.69 Å². The zero-order valence-electron chi connectivity index (χ0n) is 21.8. The van der Waals surface area contributed by atoms with E-state index in [1.807, 2.05) is 66.7 Å². The molecule has 0 unspecified atom stereocenters. The van der Waals surface area contributed by atoms with Gasteiger partial charge in [0.05, 0.1) is 34.5 Å². The average Bonchev–Trinajstić information content (AvgIpc) is 3.54. The van der Waals surface area contributed by atoms with E-state index < -0.39 is 10.0 Å². The lowest BCUT2D eigenvalue weighted by molar-refractivity contribution is 0.102. The van der Waals surface area contributed by atoms with Crippen LogP contribution in [0.3, 0.4) is 0 Å². The summed E-state index contributed by atoms with van der Waals surface area (Å²) in [7, 11) is -3.75. The minimum Gasteiger partial charge on any atom is -0.468 e. The number of carbonyl (C=O) groups excluding carboxylic acids is 1. The predicted octanol–water partition coefficient (Wildman–Crippen LogP) is 6.89. The van der Waals surface area contributed by atoms with Gasteiger partial charge in [0, 0.05) is 16.6 Å². The van der Waals surface area contributed by atoms with E-state index in [1.54, 1.807) is 30.3 Å². The maximum Gasteiger partial charge on any atom is 0.256 e. The standard InChI is InChI=1S/C33H25N3O4S/c37-33(35-26-16-18-28(19-17-26)41(38,39)34-22-27-9-6-20-40-27)30-21-32(36-31-11-5-4-10-29(30)31)25-14-12-24(13-15-25)23-7-2-1-3-8-23/h1-21,34H,22H2,(H,35,37). The molecule has 0 aliphatic heterocycles. The Balaban J connectivity index is 1.24. The lowest BCUT2D eigenvalue weighted by Gasteiger charge is -2.12. The second-order valence-corrected chi connectivity index (χ2v) is 11.2. The Kier molecular flexibility index (Phi) is 7.16. The maximum atomic E-state index is 13.5. The second-order valence-electron chi connectivity index (χ2n) is 9.40. The van der Waals surface area contributed by atoms with Crippen molar-refractivity contribution >= 4 is 32.5 Å². The first-order valence-electron chi connectivity index (χ1n) is 13.0. The quantitative estimate of drug-likeness (QED) is 0.211. The Morgan fingerprint density at radius 1 is 0.732 bits per heavy atom. The summed E-state index contributed by atoms with van der Waals surface area (Å²) in [5.74, 6) is 0.186. The summed E-state index contributed by atoms with van der Waals surface area (Å²) in [6.45, 7) is 0.0419. The highest BCUT2D eigenvalue weighted by atomic mass is 32.2. The van der Waals surface area contributed by atoms with E-state index in [4.69, 9.17) is 9.40 Å². The molecule has 0 aliphatic carbocycles. The van der Waals surface area contributed by atoms with Gasteiger partial charge in [-0.25, -0.2) is 18.1 Å². The number of sulfonamides is 1. The van der Waals surface area contributed by atoms with Crippen LogP contribution in [0, 0.1) is 0 Å². The molecule has 2 aromatic heterocycles. The fraction of sp³-hybridized carbons (Fsp3) is 0.0303. The third-order valence-corrected chi connectivity index (χ3v) is 8.10. The zero-order valence-corrected chi connectivity index (χ0v) is 22.6. The molecule has 2 heterocycles. The summed E-state index contributed by atoms with van der Waals surface area (Å²) >= 11 is 0. The van der Waals surface area contributed by atoms with E-state index in [0.717, 1.165) is 22.1 Å². The number of nitrogens with one attached hydrogen (secondary N) is 2. The normalized spacial score (nSPS) is 11.4. The second kappa shape index (κ2) is 11.2. The number of furan rings is 1. The first-order chi connectivity index (χ1) is 20.0. The Bertz CT molecular complexity index is 1920. The monoisotopic (exact) mass is 559 g/mol. The van der Waals surface area contributed by atoms with E-state index in [-0.39, 0.29) is 17.3 Å². The Labute approximate surface area is 237 Å². The minimum absolute atomic E-state index is 0.0419. The number of anilines is 1. The molecule has 0 aliphatic rings. The van der Waals surface area contributed by atoms with Gasteiger partial charge in [-0.1, -0.05) is 72.8 Å². The summed E-state index contributed by atoms with van der Waals surface area (Å²) in [6, 6.07) is 36.9. The molecule has 6 rings (SSSR count). The molecule has 6 aromatic rings. The van der Waals surface area contributed by atoms with Crippen LogP contribution in [0.5, 0.6) is 0 Å². The van der Waals surface area contributed by atoms with Crippen LogP contribution in [-0.2, 0) is 16.6 Å². The summed E-state index contributed by atoms with van der Waals surface area (Å²) < 4.78 is 33.0. The molecule has 0 bridgehead atoms. The number of carbonyl (C=O) groups is 1. The number of hydrogen-bond donors (Lipinski definition) is 2. The molecule has 0 spiro atoms. The largest absolute Gasteiger partial charge is 0.468 e. The van der Waals surface area contributed by atoms with Crippen LogP contribution in [0.25, 0.3) is 33.3 Å². The van der Waals surface area contributed by atoms with Crippen molar-refractivity contribution in [3.8, 4) is 22.4 Å². The molecule has 8 heteroatoms. The Morgan fingerprint density at radius 2 is 1.41 bits per heavy atom. The summed E-state index contributed by atoms with van der Waals surface area (Å²) in [5.41, 5.74) is 5.42. The van der Waals surface area contributed by atoms with Gasteiger partial charge in [0.1, 0.15) is 5.76 Å². The third kappa shape index (κ3) is 5.79. The van der Waals surface area contributed by atoms with Crippen LogP contribution in [0.1, 0.15) is 16.1 Å². The lowest BCUT2D eigenvalue weighted by atomic mass is 10.0. The summed E-state index contributed by atoms with van der Waals surface area (Å²) in [4.78, 5) is 18.4. The summed E-state index contributed by atoms with van der Waals surface area (Å²) in [5, 5.41) is 3.61. The summed E-state index contributed by atoms with van der Waals surface area (Å²) in [6.07, 6.45) is 1.48. The van der Waals surface area contributed by atoms with E-state index in [1.165, 1.54) is 18.4 Å². The molecule has 1 amide bonds. The van der Waals surface area contributed by atoms with Crippen LogP contribution in [0.15, 0.2) is 137 Å². The van der Waals surface area contributed by atoms with Crippen molar-refractivity contribution < 1.29 is 17.6 Å².